The van der Waals surface area contributed by atoms with Crippen molar-refractivity contribution in [2.24, 2.45) is 11.7 Å². The third kappa shape index (κ3) is 4.78. The molecular formula is C14H23ClN6O. The second-order valence-corrected chi connectivity index (χ2v) is 6.34. The molecule has 0 spiro atoms. The largest absolute Gasteiger partial charge is 0.341 e. The summed E-state index contributed by atoms with van der Waals surface area (Å²) in [7, 11) is 0. The lowest BCUT2D eigenvalue weighted by molar-refractivity contribution is -0.117. The number of amides is 1. The van der Waals surface area contributed by atoms with Gasteiger partial charge in [-0.1, -0.05) is 13.8 Å². The number of hydrogen-bond acceptors (Lipinski definition) is 6. The highest BCUT2D eigenvalue weighted by molar-refractivity contribution is 6.28. The summed E-state index contributed by atoms with van der Waals surface area (Å²) in [6.45, 7) is 5.81. The number of aromatic nitrogens is 3. The van der Waals surface area contributed by atoms with Gasteiger partial charge in [0.05, 0.1) is 6.04 Å². The number of anilines is 2. The molecule has 22 heavy (non-hydrogen) atoms. The topological polar surface area (TPSA) is 97.0 Å². The molecule has 8 heteroatoms. The number of nitrogens with two attached hydrogens (primary N) is 1. The summed E-state index contributed by atoms with van der Waals surface area (Å²) in [6, 6.07) is -0.589. The molecule has 1 aromatic rings. The number of halogens is 1. The van der Waals surface area contributed by atoms with Crippen LogP contribution in [0.2, 0.25) is 5.28 Å². The quantitative estimate of drug-likeness (QED) is 0.856. The van der Waals surface area contributed by atoms with Crippen LogP contribution >= 0.6 is 11.6 Å². The van der Waals surface area contributed by atoms with Crippen molar-refractivity contribution in [2.75, 3.05) is 23.3 Å². The number of rotatable bonds is 5. The second kappa shape index (κ2) is 7.69. The van der Waals surface area contributed by atoms with Crippen molar-refractivity contribution in [3.8, 4) is 0 Å². The molecule has 0 aliphatic carbocycles. The minimum Gasteiger partial charge on any atom is -0.341 e. The zero-order valence-electron chi connectivity index (χ0n) is 13.0. The highest BCUT2D eigenvalue weighted by Crippen LogP contribution is 2.18. The molecule has 1 atom stereocenters. The standard InChI is InChI=1S/C14H23ClN6O/c1-9(2)8-10(16)11(22)17-13-18-12(15)19-14(20-13)21-6-4-3-5-7-21/h9-10H,3-8,16H2,1-2H3,(H,17,18,19,20,22)/t10-/m0/s1. The van der Waals surface area contributed by atoms with E-state index in [2.05, 4.69) is 25.2 Å². The maximum atomic E-state index is 12.1. The monoisotopic (exact) mass is 326 g/mol. The number of carbonyl (C=O) groups is 1. The van der Waals surface area contributed by atoms with Gasteiger partial charge in [-0.2, -0.15) is 15.0 Å². The average molecular weight is 327 g/mol. The van der Waals surface area contributed by atoms with E-state index in [-0.39, 0.29) is 17.1 Å². The fraction of sp³-hybridized carbons (Fsp3) is 0.714. The van der Waals surface area contributed by atoms with Gasteiger partial charge in [-0.25, -0.2) is 0 Å². The number of nitrogens with zero attached hydrogens (tertiary/aromatic N) is 4. The summed E-state index contributed by atoms with van der Waals surface area (Å²) in [5, 5.41) is 2.70. The van der Waals surface area contributed by atoms with E-state index in [0.29, 0.717) is 18.3 Å². The molecule has 0 unspecified atom stereocenters. The van der Waals surface area contributed by atoms with Gasteiger partial charge in [-0.15, -0.1) is 0 Å². The minimum atomic E-state index is -0.589. The van der Waals surface area contributed by atoms with E-state index in [4.69, 9.17) is 17.3 Å². The van der Waals surface area contributed by atoms with Gasteiger partial charge >= 0.3 is 0 Å². The van der Waals surface area contributed by atoms with Crippen LogP contribution in [0.4, 0.5) is 11.9 Å². The van der Waals surface area contributed by atoms with Gasteiger partial charge in [0.2, 0.25) is 23.1 Å². The van der Waals surface area contributed by atoms with Crippen molar-refractivity contribution in [1.29, 1.82) is 0 Å². The first-order valence-electron chi connectivity index (χ1n) is 7.68. The van der Waals surface area contributed by atoms with Crippen molar-refractivity contribution in [3.63, 3.8) is 0 Å². The first-order chi connectivity index (χ1) is 10.5. The lowest BCUT2D eigenvalue weighted by Gasteiger charge is -2.26. The third-order valence-electron chi connectivity index (χ3n) is 3.53. The van der Waals surface area contributed by atoms with Crippen LogP contribution in [0.5, 0.6) is 0 Å². The molecule has 0 saturated carbocycles. The molecule has 1 aliphatic rings. The average Bonchev–Trinajstić information content (AvgIpc) is 2.46. The molecule has 0 aromatic carbocycles. The van der Waals surface area contributed by atoms with Crippen LogP contribution in [0.3, 0.4) is 0 Å². The van der Waals surface area contributed by atoms with Gasteiger partial charge in [0, 0.05) is 13.1 Å². The van der Waals surface area contributed by atoms with E-state index in [9.17, 15) is 4.79 Å². The number of piperidine rings is 1. The maximum Gasteiger partial charge on any atom is 0.243 e. The zero-order chi connectivity index (χ0) is 16.1. The molecule has 3 N–H and O–H groups in total. The van der Waals surface area contributed by atoms with Crippen LogP contribution in [0.25, 0.3) is 0 Å². The van der Waals surface area contributed by atoms with Crippen LogP contribution in [0, 0.1) is 5.92 Å². The Hall–Kier alpha value is -1.47. The Morgan fingerprint density at radius 3 is 2.59 bits per heavy atom. The van der Waals surface area contributed by atoms with Gasteiger partial charge in [0.25, 0.3) is 0 Å². The van der Waals surface area contributed by atoms with E-state index < -0.39 is 6.04 Å². The van der Waals surface area contributed by atoms with Crippen LogP contribution < -0.4 is 16.0 Å². The number of carbonyl (C=O) groups excluding carboxylic acids is 1. The van der Waals surface area contributed by atoms with Crippen molar-refractivity contribution in [1.82, 2.24) is 15.0 Å². The zero-order valence-corrected chi connectivity index (χ0v) is 13.8. The number of hydrogen-bond donors (Lipinski definition) is 2. The van der Waals surface area contributed by atoms with Crippen molar-refractivity contribution in [2.45, 2.75) is 45.6 Å². The maximum absolute atomic E-state index is 12.1. The Balaban J connectivity index is 2.07. The Morgan fingerprint density at radius 2 is 1.95 bits per heavy atom. The summed E-state index contributed by atoms with van der Waals surface area (Å²) in [4.78, 5) is 26.5. The molecule has 7 nitrogen and oxygen atoms in total. The van der Waals surface area contributed by atoms with E-state index in [0.717, 1.165) is 25.9 Å². The SMILES string of the molecule is CC(C)C[C@H](N)C(=O)Nc1nc(Cl)nc(N2CCCCC2)n1. The van der Waals surface area contributed by atoms with E-state index >= 15 is 0 Å². The molecule has 1 aromatic heterocycles. The molecule has 2 rings (SSSR count). The molecule has 0 radical (unpaired) electrons. The van der Waals surface area contributed by atoms with Gasteiger partial charge in [-0.05, 0) is 43.2 Å². The summed E-state index contributed by atoms with van der Waals surface area (Å²) >= 11 is 5.95. The van der Waals surface area contributed by atoms with Crippen molar-refractivity contribution in [3.05, 3.63) is 5.28 Å². The molecule has 122 valence electrons. The predicted octanol–water partition coefficient (Wildman–Crippen LogP) is 1.83. The highest BCUT2D eigenvalue weighted by Gasteiger charge is 2.19. The Labute approximate surface area is 135 Å². The van der Waals surface area contributed by atoms with Gasteiger partial charge in [0.1, 0.15) is 0 Å². The molecule has 1 fully saturated rings. The lowest BCUT2D eigenvalue weighted by Crippen LogP contribution is -2.37. The Bertz CT molecular complexity index is 518. The minimum absolute atomic E-state index is 0.0725. The fourth-order valence-corrected chi connectivity index (χ4v) is 2.60. The summed E-state index contributed by atoms with van der Waals surface area (Å²) in [5.74, 6) is 0.698. The summed E-state index contributed by atoms with van der Waals surface area (Å²) < 4.78 is 0. The van der Waals surface area contributed by atoms with Gasteiger partial charge < -0.3 is 10.6 Å². The molecule has 1 amide bonds. The summed E-state index contributed by atoms with van der Waals surface area (Å²) in [5.41, 5.74) is 5.86. The van der Waals surface area contributed by atoms with Gasteiger partial charge in [0.15, 0.2) is 0 Å². The summed E-state index contributed by atoms with van der Waals surface area (Å²) in [6.07, 6.45) is 4.01. The third-order valence-corrected chi connectivity index (χ3v) is 3.70. The Kier molecular flexibility index (Phi) is 5.90. The smallest absolute Gasteiger partial charge is 0.243 e. The molecule has 0 bridgehead atoms. The van der Waals surface area contributed by atoms with Crippen LogP contribution in [0.15, 0.2) is 0 Å². The second-order valence-electron chi connectivity index (χ2n) is 6.00. The van der Waals surface area contributed by atoms with E-state index in [1.54, 1.807) is 0 Å². The number of nitrogens with one attached hydrogen (secondary N) is 1. The van der Waals surface area contributed by atoms with Gasteiger partial charge in [-0.3, -0.25) is 10.1 Å². The molecule has 1 aliphatic heterocycles. The molecule has 2 heterocycles. The van der Waals surface area contributed by atoms with Crippen LogP contribution in [-0.4, -0.2) is 40.0 Å². The van der Waals surface area contributed by atoms with E-state index in [1.165, 1.54) is 6.42 Å². The lowest BCUT2D eigenvalue weighted by atomic mass is 10.0. The first kappa shape index (κ1) is 16.9. The molecular weight excluding hydrogens is 304 g/mol. The predicted molar refractivity (Wildman–Crippen MR) is 87.0 cm³/mol. The van der Waals surface area contributed by atoms with E-state index in [1.807, 2.05) is 13.8 Å². The van der Waals surface area contributed by atoms with Crippen molar-refractivity contribution >= 4 is 29.4 Å². The first-order valence-corrected chi connectivity index (χ1v) is 8.06. The fourth-order valence-electron chi connectivity index (χ4n) is 2.45. The van der Waals surface area contributed by atoms with Crippen LogP contribution in [-0.2, 0) is 4.79 Å². The Morgan fingerprint density at radius 1 is 1.27 bits per heavy atom. The highest BCUT2D eigenvalue weighted by atomic mass is 35.5. The van der Waals surface area contributed by atoms with Crippen molar-refractivity contribution < 1.29 is 4.79 Å². The van der Waals surface area contributed by atoms with Crippen LogP contribution in [0.1, 0.15) is 39.5 Å². The molecule has 1 saturated heterocycles. The normalized spacial score (nSPS) is 16.7.